The van der Waals surface area contributed by atoms with Crippen molar-refractivity contribution in [1.29, 1.82) is 0 Å². The molecule has 2 aromatic carbocycles. The van der Waals surface area contributed by atoms with Crippen molar-refractivity contribution in [3.63, 3.8) is 0 Å². The molecule has 0 radical (unpaired) electrons. The Bertz CT molecular complexity index is 982. The van der Waals surface area contributed by atoms with E-state index in [2.05, 4.69) is 87.0 Å². The second-order valence-electron chi connectivity index (χ2n) is 7.70. The van der Waals surface area contributed by atoms with Gasteiger partial charge in [0.05, 0.1) is 5.75 Å². The van der Waals surface area contributed by atoms with E-state index in [0.29, 0.717) is 11.8 Å². The van der Waals surface area contributed by atoms with Crippen LogP contribution in [0.1, 0.15) is 38.2 Å². The number of hydrogen-bond acceptors (Lipinski definition) is 2. The van der Waals surface area contributed by atoms with Gasteiger partial charge in [0.1, 0.15) is 0 Å². The third-order valence-electron chi connectivity index (χ3n) is 5.79. The number of para-hydroxylation sites is 1. The normalized spacial score (nSPS) is 17.0. The minimum absolute atomic E-state index is 0.284. The Morgan fingerprint density at radius 3 is 2.72 bits per heavy atom. The number of hydrogen-bond donors (Lipinski definition) is 0. The summed E-state index contributed by atoms with van der Waals surface area (Å²) in [6.07, 6.45) is 6.80. The summed E-state index contributed by atoms with van der Waals surface area (Å²) < 4.78 is 3.39. The van der Waals surface area contributed by atoms with Crippen LogP contribution < -0.4 is 0 Å². The van der Waals surface area contributed by atoms with Crippen LogP contribution in [0.4, 0.5) is 0 Å². The van der Waals surface area contributed by atoms with Crippen LogP contribution in [0.25, 0.3) is 10.9 Å². The molecule has 1 amide bonds. The highest BCUT2D eigenvalue weighted by molar-refractivity contribution is 9.10. The Hall–Kier alpha value is -1.72. The van der Waals surface area contributed by atoms with Crippen molar-refractivity contribution >= 4 is 44.5 Å². The first-order chi connectivity index (χ1) is 14.2. The highest BCUT2D eigenvalue weighted by atomic mass is 79.9. The van der Waals surface area contributed by atoms with Gasteiger partial charge < -0.3 is 9.47 Å². The second-order valence-corrected chi connectivity index (χ2v) is 9.63. The highest BCUT2D eigenvalue weighted by Crippen LogP contribution is 2.31. The molecule has 0 saturated carbocycles. The first-order valence-corrected chi connectivity index (χ1v) is 12.2. The Labute approximate surface area is 185 Å². The average molecular weight is 471 g/mol. The van der Waals surface area contributed by atoms with E-state index in [-0.39, 0.29) is 5.91 Å². The zero-order chi connectivity index (χ0) is 20.2. The van der Waals surface area contributed by atoms with E-state index in [4.69, 9.17) is 0 Å². The number of fused-ring (bicyclic) bond motifs is 1. The molecule has 0 aliphatic carbocycles. The van der Waals surface area contributed by atoms with Crippen LogP contribution in [0.5, 0.6) is 0 Å². The van der Waals surface area contributed by atoms with Crippen LogP contribution in [-0.2, 0) is 11.3 Å². The maximum atomic E-state index is 12.9. The van der Waals surface area contributed by atoms with Gasteiger partial charge in [-0.05, 0) is 49.4 Å². The zero-order valence-electron chi connectivity index (χ0n) is 16.8. The number of carbonyl (C=O) groups excluding carboxylic acids is 1. The molecule has 3 nitrogen and oxygen atoms in total. The molecule has 1 aromatic heterocycles. The maximum Gasteiger partial charge on any atom is 0.233 e. The molecular weight excluding hydrogens is 444 g/mol. The third kappa shape index (κ3) is 4.72. The molecule has 1 fully saturated rings. The van der Waals surface area contributed by atoms with E-state index < -0.39 is 0 Å². The van der Waals surface area contributed by atoms with Crippen molar-refractivity contribution < 1.29 is 4.79 Å². The molecule has 152 valence electrons. The van der Waals surface area contributed by atoms with Gasteiger partial charge in [0.2, 0.25) is 5.91 Å². The minimum atomic E-state index is 0.284. The van der Waals surface area contributed by atoms with Crippen LogP contribution in [0.15, 0.2) is 64.1 Å². The lowest BCUT2D eigenvalue weighted by Crippen LogP contribution is -2.44. The predicted octanol–water partition coefficient (Wildman–Crippen LogP) is 6.34. The lowest BCUT2D eigenvalue weighted by molar-refractivity contribution is -0.132. The van der Waals surface area contributed by atoms with E-state index >= 15 is 0 Å². The number of carbonyl (C=O) groups is 1. The van der Waals surface area contributed by atoms with Crippen molar-refractivity contribution in [2.45, 2.75) is 50.1 Å². The quantitative estimate of drug-likeness (QED) is 0.392. The Morgan fingerprint density at radius 1 is 1.14 bits per heavy atom. The number of rotatable bonds is 6. The molecule has 0 bridgehead atoms. The van der Waals surface area contributed by atoms with Gasteiger partial charge in [-0.25, -0.2) is 0 Å². The molecule has 1 saturated heterocycles. The summed E-state index contributed by atoms with van der Waals surface area (Å²) in [6, 6.07) is 17.4. The summed E-state index contributed by atoms with van der Waals surface area (Å²) in [5.41, 5.74) is 2.48. The maximum absolute atomic E-state index is 12.9. The number of halogens is 1. The molecule has 2 heterocycles. The predicted molar refractivity (Wildman–Crippen MR) is 126 cm³/mol. The first-order valence-electron chi connectivity index (χ1n) is 10.4. The van der Waals surface area contributed by atoms with Gasteiger partial charge in [-0.1, -0.05) is 53.2 Å². The van der Waals surface area contributed by atoms with E-state index in [1.54, 1.807) is 11.8 Å². The van der Waals surface area contributed by atoms with E-state index in [9.17, 15) is 4.79 Å². The third-order valence-corrected chi connectivity index (χ3v) is 7.34. The Morgan fingerprint density at radius 2 is 1.93 bits per heavy atom. The molecule has 1 atom stereocenters. The van der Waals surface area contributed by atoms with Crippen molar-refractivity contribution in [3.05, 3.63) is 64.8 Å². The fraction of sp³-hybridized carbons (Fsp3) is 0.375. The van der Waals surface area contributed by atoms with Crippen LogP contribution in [0.3, 0.4) is 0 Å². The lowest BCUT2D eigenvalue weighted by atomic mass is 10.0. The van der Waals surface area contributed by atoms with E-state index in [1.165, 1.54) is 27.8 Å². The second kappa shape index (κ2) is 9.40. The summed E-state index contributed by atoms with van der Waals surface area (Å²) in [7, 11) is 0. The monoisotopic (exact) mass is 470 g/mol. The van der Waals surface area contributed by atoms with Crippen molar-refractivity contribution in [2.75, 3.05) is 12.3 Å². The van der Waals surface area contributed by atoms with Crippen LogP contribution in [-0.4, -0.2) is 33.7 Å². The molecule has 4 rings (SSSR count). The highest BCUT2D eigenvalue weighted by Gasteiger charge is 2.25. The molecule has 0 spiro atoms. The first kappa shape index (κ1) is 20.5. The van der Waals surface area contributed by atoms with Crippen LogP contribution in [0, 0.1) is 0 Å². The number of benzene rings is 2. The number of amides is 1. The molecular formula is C24H27BrN2OS. The number of thioether (sulfide) groups is 1. The number of likely N-dealkylation sites (tertiary alicyclic amines) is 1. The van der Waals surface area contributed by atoms with Gasteiger partial charge in [0, 0.05) is 45.6 Å². The fourth-order valence-corrected chi connectivity index (χ4v) is 5.46. The SMILES string of the molecule is CCC1CCCCN1C(=O)CSc1cn(Cc2ccc(Br)cc2)c2ccccc12. The molecule has 0 N–H and O–H groups in total. The van der Waals surface area contributed by atoms with E-state index in [0.717, 1.165) is 36.8 Å². The number of nitrogens with zero attached hydrogens (tertiary/aromatic N) is 2. The fourth-order valence-electron chi connectivity index (χ4n) is 4.22. The lowest BCUT2D eigenvalue weighted by Gasteiger charge is -2.35. The molecule has 1 aliphatic heterocycles. The van der Waals surface area contributed by atoms with Crippen molar-refractivity contribution in [1.82, 2.24) is 9.47 Å². The smallest absolute Gasteiger partial charge is 0.233 e. The minimum Gasteiger partial charge on any atom is -0.342 e. The van der Waals surface area contributed by atoms with Gasteiger partial charge in [-0.2, -0.15) is 0 Å². The van der Waals surface area contributed by atoms with Gasteiger partial charge >= 0.3 is 0 Å². The van der Waals surface area contributed by atoms with Gasteiger partial charge in [-0.15, -0.1) is 11.8 Å². The Balaban J connectivity index is 1.51. The van der Waals surface area contributed by atoms with E-state index in [1.807, 2.05) is 0 Å². The molecule has 1 aliphatic rings. The van der Waals surface area contributed by atoms with Gasteiger partial charge in [0.25, 0.3) is 0 Å². The Kier molecular flexibility index (Phi) is 6.66. The van der Waals surface area contributed by atoms with Crippen LogP contribution in [0.2, 0.25) is 0 Å². The topological polar surface area (TPSA) is 25.2 Å². The molecule has 5 heteroatoms. The summed E-state index contributed by atoms with van der Waals surface area (Å²) >= 11 is 5.18. The molecule has 3 aromatic rings. The van der Waals surface area contributed by atoms with Gasteiger partial charge in [0.15, 0.2) is 0 Å². The summed E-state index contributed by atoms with van der Waals surface area (Å²) in [4.78, 5) is 16.2. The van der Waals surface area contributed by atoms with Crippen LogP contribution >= 0.6 is 27.7 Å². The summed E-state index contributed by atoms with van der Waals surface area (Å²) in [5.74, 6) is 0.800. The van der Waals surface area contributed by atoms with Gasteiger partial charge in [-0.3, -0.25) is 4.79 Å². The summed E-state index contributed by atoms with van der Waals surface area (Å²) in [5, 5.41) is 1.23. The number of aromatic nitrogens is 1. The largest absolute Gasteiger partial charge is 0.342 e. The molecule has 1 unspecified atom stereocenters. The zero-order valence-corrected chi connectivity index (χ0v) is 19.2. The summed E-state index contributed by atoms with van der Waals surface area (Å²) in [6.45, 7) is 3.94. The molecule has 29 heavy (non-hydrogen) atoms. The average Bonchev–Trinajstić information content (AvgIpc) is 3.11. The van der Waals surface area contributed by atoms with Crippen molar-refractivity contribution in [2.24, 2.45) is 0 Å². The standard InChI is InChI=1S/C24H27BrN2OS/c1-2-20-7-5-6-14-27(20)24(28)17-29-23-16-26(22-9-4-3-8-21(22)23)15-18-10-12-19(25)13-11-18/h3-4,8-13,16,20H,2,5-7,14-15,17H2,1H3. The van der Waals surface area contributed by atoms with Crippen molar-refractivity contribution in [3.8, 4) is 0 Å². The number of piperidine rings is 1.